The summed E-state index contributed by atoms with van der Waals surface area (Å²) in [6.07, 6.45) is -5.15. The van der Waals surface area contributed by atoms with Gasteiger partial charge >= 0.3 is 0 Å². The van der Waals surface area contributed by atoms with Crippen LogP contribution in [0.4, 0.5) is 0 Å². The van der Waals surface area contributed by atoms with Crippen LogP contribution in [0.2, 0.25) is 0 Å². The summed E-state index contributed by atoms with van der Waals surface area (Å²) >= 11 is 0. The monoisotopic (exact) mass is 482 g/mol. The van der Waals surface area contributed by atoms with Gasteiger partial charge in [-0.05, 0) is 24.3 Å². The number of nitrogens with one attached hydrogen (secondary N) is 2. The molecule has 1 aliphatic rings. The lowest BCUT2D eigenvalue weighted by molar-refractivity contribution is -0.172. The number of carbonyl (C=O) groups excluding carboxylic acids is 2. The number of carbonyl (C=O) groups is 2. The van der Waals surface area contributed by atoms with Gasteiger partial charge in [0, 0.05) is 17.7 Å². The highest BCUT2D eigenvalue weighted by atomic mass is 16.6. The summed E-state index contributed by atoms with van der Waals surface area (Å²) in [5.41, 5.74) is -2.96. The second kappa shape index (κ2) is 9.11. The van der Waals surface area contributed by atoms with Crippen LogP contribution in [0, 0.1) is 0 Å². The molecule has 1 aliphatic heterocycles. The van der Waals surface area contributed by atoms with E-state index in [9.17, 15) is 55.5 Å². The Balaban J connectivity index is 1.63. The van der Waals surface area contributed by atoms with Crippen LogP contribution in [0.15, 0.2) is 24.3 Å². The van der Waals surface area contributed by atoms with Crippen LogP contribution >= 0.6 is 0 Å². The fourth-order valence-electron chi connectivity index (χ4n) is 3.27. The van der Waals surface area contributed by atoms with Gasteiger partial charge in [0.2, 0.25) is 0 Å². The quantitative estimate of drug-likeness (QED) is 0.198. The van der Waals surface area contributed by atoms with Crippen molar-refractivity contribution in [3.05, 3.63) is 35.4 Å². The number of ether oxygens (including phenoxy) is 1. The molecule has 0 saturated carbocycles. The molecule has 1 saturated heterocycles. The molecule has 0 bridgehead atoms. The third-order valence-electron chi connectivity index (χ3n) is 5.26. The highest BCUT2D eigenvalue weighted by Crippen LogP contribution is 2.36. The van der Waals surface area contributed by atoms with Gasteiger partial charge in [0.15, 0.2) is 46.4 Å². The Morgan fingerprint density at radius 1 is 0.794 bits per heavy atom. The van der Waals surface area contributed by atoms with Gasteiger partial charge in [0.25, 0.3) is 11.8 Å². The zero-order valence-electron chi connectivity index (χ0n) is 17.2. The molecular formula is C20H22N2O12. The van der Waals surface area contributed by atoms with Crippen LogP contribution in [-0.2, 0) is 4.74 Å². The van der Waals surface area contributed by atoms with Crippen LogP contribution < -0.4 is 10.6 Å². The molecule has 34 heavy (non-hydrogen) atoms. The van der Waals surface area contributed by atoms with Gasteiger partial charge in [-0.25, -0.2) is 0 Å². The van der Waals surface area contributed by atoms with Crippen molar-refractivity contribution < 1.29 is 60.3 Å². The minimum absolute atomic E-state index is 0.247. The number of hydrogen-bond acceptors (Lipinski definition) is 12. The highest BCUT2D eigenvalue weighted by molar-refractivity contribution is 5.96. The Labute approximate surface area is 190 Å². The summed E-state index contributed by atoms with van der Waals surface area (Å²) < 4.78 is 5.07. The van der Waals surface area contributed by atoms with Crippen molar-refractivity contribution in [2.45, 2.75) is 24.1 Å². The van der Waals surface area contributed by atoms with E-state index < -0.39 is 83.5 Å². The standard InChI is InChI=1S/C20H22N2O12/c23-9-1-7(2-10(24)14(9)27)17(30)21-5-13-16(29)20(33,19(32)34-13)6-22-18(31)8-3-11(25)15(28)12(26)4-8/h1-4,13,16,19,23-29,32-33H,5-6H2,(H,21,30)(H,22,31)/t13-,16-,19?,20-/m1/s1. The number of amides is 2. The second-order valence-corrected chi connectivity index (χ2v) is 7.58. The first kappa shape index (κ1) is 24.7. The van der Waals surface area contributed by atoms with Gasteiger partial charge in [0.1, 0.15) is 12.2 Å². The molecule has 2 aromatic rings. The molecule has 1 heterocycles. The summed E-state index contributed by atoms with van der Waals surface area (Å²) in [5, 5.41) is 92.3. The smallest absolute Gasteiger partial charge is 0.251 e. The SMILES string of the molecule is O=C(NC[C@H]1OC(O)[C@@](O)(CNC(=O)c2cc(O)c(O)c(O)c2)[C@@H]1O)c1cc(O)c(O)c(O)c1. The molecule has 11 N–H and O–H groups in total. The molecule has 2 amide bonds. The topological polar surface area (TPSA) is 249 Å². The van der Waals surface area contributed by atoms with Crippen molar-refractivity contribution in [1.29, 1.82) is 0 Å². The number of phenols is 6. The molecule has 0 spiro atoms. The summed E-state index contributed by atoms with van der Waals surface area (Å²) in [7, 11) is 0. The zero-order valence-corrected chi connectivity index (χ0v) is 17.2. The van der Waals surface area contributed by atoms with E-state index in [1.807, 2.05) is 0 Å². The molecular weight excluding hydrogens is 460 g/mol. The lowest BCUT2D eigenvalue weighted by Crippen LogP contribution is -2.56. The molecule has 184 valence electrons. The molecule has 0 radical (unpaired) electrons. The molecule has 1 unspecified atom stereocenters. The Morgan fingerprint density at radius 2 is 1.21 bits per heavy atom. The Bertz CT molecular complexity index is 1080. The molecule has 14 heteroatoms. The molecule has 4 atom stereocenters. The maximum atomic E-state index is 12.3. The second-order valence-electron chi connectivity index (χ2n) is 7.58. The Kier molecular flexibility index (Phi) is 6.60. The number of benzene rings is 2. The van der Waals surface area contributed by atoms with Crippen molar-refractivity contribution in [2.24, 2.45) is 0 Å². The van der Waals surface area contributed by atoms with Crippen LogP contribution in [0.5, 0.6) is 34.5 Å². The third-order valence-corrected chi connectivity index (χ3v) is 5.26. The molecule has 1 fully saturated rings. The van der Waals surface area contributed by atoms with Crippen LogP contribution in [0.3, 0.4) is 0 Å². The van der Waals surface area contributed by atoms with Crippen LogP contribution in [0.1, 0.15) is 20.7 Å². The number of rotatable bonds is 6. The maximum Gasteiger partial charge on any atom is 0.251 e. The largest absolute Gasteiger partial charge is 0.504 e. The lowest BCUT2D eigenvalue weighted by Gasteiger charge is -2.28. The van der Waals surface area contributed by atoms with Crippen molar-refractivity contribution >= 4 is 11.8 Å². The molecule has 0 aliphatic carbocycles. The van der Waals surface area contributed by atoms with Crippen molar-refractivity contribution in [3.8, 4) is 34.5 Å². The number of aliphatic hydroxyl groups excluding tert-OH is 2. The van der Waals surface area contributed by atoms with Crippen LogP contribution in [-0.4, -0.2) is 95.0 Å². The molecule has 3 rings (SSSR count). The number of phenolic OH excluding ortho intramolecular Hbond substituents is 6. The lowest BCUT2D eigenvalue weighted by atomic mass is 9.94. The predicted molar refractivity (Wildman–Crippen MR) is 109 cm³/mol. The highest BCUT2D eigenvalue weighted by Gasteiger charge is 2.55. The van der Waals surface area contributed by atoms with E-state index in [-0.39, 0.29) is 11.1 Å². The van der Waals surface area contributed by atoms with E-state index in [0.29, 0.717) is 0 Å². The van der Waals surface area contributed by atoms with Gasteiger partial charge in [-0.15, -0.1) is 0 Å². The van der Waals surface area contributed by atoms with Gasteiger partial charge in [-0.3, -0.25) is 9.59 Å². The maximum absolute atomic E-state index is 12.3. The first-order valence-electron chi connectivity index (χ1n) is 9.65. The van der Waals surface area contributed by atoms with E-state index in [0.717, 1.165) is 24.3 Å². The average Bonchev–Trinajstić information content (AvgIpc) is 3.00. The molecule has 14 nitrogen and oxygen atoms in total. The van der Waals surface area contributed by atoms with E-state index >= 15 is 0 Å². The Hall–Kier alpha value is -3.98. The normalized spacial score (nSPS) is 24.0. The molecule has 0 aromatic heterocycles. The van der Waals surface area contributed by atoms with Crippen LogP contribution in [0.25, 0.3) is 0 Å². The predicted octanol–water partition coefficient (Wildman–Crippen LogP) is -2.11. The van der Waals surface area contributed by atoms with Gasteiger partial charge in [0.05, 0.1) is 6.54 Å². The Morgan fingerprint density at radius 3 is 1.65 bits per heavy atom. The number of aromatic hydroxyl groups is 6. The molecule has 2 aromatic carbocycles. The number of hydrogen-bond donors (Lipinski definition) is 11. The fourth-order valence-corrected chi connectivity index (χ4v) is 3.27. The summed E-state index contributed by atoms with van der Waals surface area (Å²) in [5.74, 6) is -6.52. The zero-order chi connectivity index (χ0) is 25.4. The first-order chi connectivity index (χ1) is 15.8. The van der Waals surface area contributed by atoms with Gasteiger partial charge in [-0.1, -0.05) is 0 Å². The van der Waals surface area contributed by atoms with E-state index in [1.165, 1.54) is 0 Å². The third kappa shape index (κ3) is 4.55. The van der Waals surface area contributed by atoms with Crippen molar-refractivity contribution in [2.75, 3.05) is 13.1 Å². The fraction of sp³-hybridized carbons (Fsp3) is 0.300. The average molecular weight is 482 g/mol. The minimum Gasteiger partial charge on any atom is -0.504 e. The van der Waals surface area contributed by atoms with Crippen molar-refractivity contribution in [1.82, 2.24) is 10.6 Å². The number of aliphatic hydroxyl groups is 3. The summed E-state index contributed by atoms with van der Waals surface area (Å²) in [6, 6.07) is 3.42. The van der Waals surface area contributed by atoms with Crippen molar-refractivity contribution in [3.63, 3.8) is 0 Å². The summed E-state index contributed by atoms with van der Waals surface area (Å²) in [6.45, 7) is -1.20. The first-order valence-corrected chi connectivity index (χ1v) is 9.65. The van der Waals surface area contributed by atoms with Gasteiger partial charge in [-0.2, -0.15) is 0 Å². The summed E-state index contributed by atoms with van der Waals surface area (Å²) in [4.78, 5) is 24.5. The van der Waals surface area contributed by atoms with E-state index in [1.54, 1.807) is 0 Å². The van der Waals surface area contributed by atoms with Gasteiger partial charge < -0.3 is 61.3 Å². The van der Waals surface area contributed by atoms with E-state index in [4.69, 9.17) is 4.74 Å². The van der Waals surface area contributed by atoms with E-state index in [2.05, 4.69) is 10.6 Å². The minimum atomic E-state index is -2.42.